The molecule has 0 fully saturated rings. The van der Waals surface area contributed by atoms with E-state index in [0.717, 1.165) is 0 Å². The van der Waals surface area contributed by atoms with Crippen LogP contribution in [0.4, 0.5) is 0 Å². The number of hydrogen-bond acceptors (Lipinski definition) is 6. The number of rotatable bonds is 10. The summed E-state index contributed by atoms with van der Waals surface area (Å²) in [4.78, 5) is 34.5. The zero-order chi connectivity index (χ0) is 20.4. The molecule has 0 aliphatic carbocycles. The van der Waals surface area contributed by atoms with Gasteiger partial charge in [0.05, 0.1) is 7.11 Å². The van der Waals surface area contributed by atoms with Crippen LogP contribution < -0.4 is 20.5 Å². The van der Waals surface area contributed by atoms with E-state index in [4.69, 9.17) is 19.9 Å². The Balaban J connectivity index is 2.66. The molecule has 1 unspecified atom stereocenters. The van der Waals surface area contributed by atoms with E-state index in [9.17, 15) is 14.4 Å². The van der Waals surface area contributed by atoms with Crippen molar-refractivity contribution in [2.45, 2.75) is 26.9 Å². The lowest BCUT2D eigenvalue weighted by atomic mass is 10.2. The lowest BCUT2D eigenvalue weighted by Gasteiger charge is -2.13. The number of methoxy groups -OCH3 is 1. The second kappa shape index (κ2) is 10.8. The van der Waals surface area contributed by atoms with Crippen molar-refractivity contribution in [3.63, 3.8) is 0 Å². The number of esters is 1. The van der Waals surface area contributed by atoms with Crippen LogP contribution in [0, 0.1) is 5.92 Å². The third kappa shape index (κ3) is 8.26. The molecular weight excluding hydrogens is 352 g/mol. The fraction of sp³-hybridized carbons (Fsp3) is 0.421. The van der Waals surface area contributed by atoms with Gasteiger partial charge in [-0.25, -0.2) is 4.79 Å². The monoisotopic (exact) mass is 378 g/mol. The fourth-order valence-corrected chi connectivity index (χ4v) is 1.94. The molecule has 0 spiro atoms. The second-order valence-electron chi connectivity index (χ2n) is 6.22. The Morgan fingerprint density at radius 2 is 1.89 bits per heavy atom. The van der Waals surface area contributed by atoms with Crippen LogP contribution in [-0.4, -0.2) is 44.1 Å². The summed E-state index contributed by atoms with van der Waals surface area (Å²) in [5.41, 5.74) is 5.69. The van der Waals surface area contributed by atoms with Gasteiger partial charge in [0.1, 0.15) is 0 Å². The molecule has 8 heteroatoms. The smallest absolute Gasteiger partial charge is 0.331 e. The number of nitrogens with two attached hydrogens (primary N) is 1. The van der Waals surface area contributed by atoms with Gasteiger partial charge in [-0.15, -0.1) is 0 Å². The zero-order valence-corrected chi connectivity index (χ0v) is 16.0. The maximum absolute atomic E-state index is 11.9. The Morgan fingerprint density at radius 1 is 1.19 bits per heavy atom. The third-order valence-corrected chi connectivity index (χ3v) is 3.32. The average Bonchev–Trinajstić information content (AvgIpc) is 2.62. The van der Waals surface area contributed by atoms with E-state index in [1.807, 2.05) is 13.8 Å². The number of ether oxygens (including phenoxy) is 3. The van der Waals surface area contributed by atoms with Crippen molar-refractivity contribution >= 4 is 23.9 Å². The summed E-state index contributed by atoms with van der Waals surface area (Å²) in [5.74, 6) is -0.546. The van der Waals surface area contributed by atoms with Crippen molar-refractivity contribution in [1.29, 1.82) is 0 Å². The molecule has 8 nitrogen and oxygen atoms in total. The average molecular weight is 378 g/mol. The molecule has 0 saturated carbocycles. The maximum atomic E-state index is 11.9. The Hall–Kier alpha value is -3.03. The summed E-state index contributed by atoms with van der Waals surface area (Å²) in [6.45, 7) is 5.70. The van der Waals surface area contributed by atoms with Crippen LogP contribution in [0.5, 0.6) is 11.5 Å². The highest BCUT2D eigenvalue weighted by Gasteiger charge is 2.16. The summed E-state index contributed by atoms with van der Waals surface area (Å²) >= 11 is 0. The minimum Gasteiger partial charge on any atom is -0.493 e. The van der Waals surface area contributed by atoms with Gasteiger partial charge < -0.3 is 25.3 Å². The predicted molar refractivity (Wildman–Crippen MR) is 100 cm³/mol. The highest BCUT2D eigenvalue weighted by molar-refractivity contribution is 5.90. The number of nitrogens with one attached hydrogen (secondary N) is 1. The number of hydrogen-bond donors (Lipinski definition) is 2. The molecule has 0 aromatic heterocycles. The van der Waals surface area contributed by atoms with E-state index >= 15 is 0 Å². The fourth-order valence-electron chi connectivity index (χ4n) is 1.94. The van der Waals surface area contributed by atoms with Gasteiger partial charge in [-0.05, 0) is 36.6 Å². The van der Waals surface area contributed by atoms with Crippen molar-refractivity contribution in [3.05, 3.63) is 29.8 Å². The molecule has 0 bridgehead atoms. The van der Waals surface area contributed by atoms with Crippen LogP contribution in [0.2, 0.25) is 0 Å². The molecule has 148 valence electrons. The van der Waals surface area contributed by atoms with Gasteiger partial charge in [-0.1, -0.05) is 19.9 Å². The van der Waals surface area contributed by atoms with E-state index in [1.165, 1.54) is 26.2 Å². The minimum atomic E-state index is -0.889. The predicted octanol–water partition coefficient (Wildman–Crippen LogP) is 1.28. The molecule has 1 aromatic carbocycles. The lowest BCUT2D eigenvalue weighted by molar-refractivity contribution is -0.150. The molecule has 0 saturated heterocycles. The van der Waals surface area contributed by atoms with Gasteiger partial charge >= 0.3 is 5.97 Å². The SMILES string of the molecule is COc1cc(/C=C/C(=O)OC(C)C(=O)NCC(C)C)ccc1OCC(N)=O. The van der Waals surface area contributed by atoms with Gasteiger partial charge in [0, 0.05) is 12.6 Å². The van der Waals surface area contributed by atoms with Crippen LogP contribution in [0.1, 0.15) is 26.3 Å². The standard InChI is InChI=1S/C19H26N2O6/c1-12(2)10-21-19(24)13(3)27-18(23)8-6-14-5-7-15(16(9-14)25-4)26-11-17(20)22/h5-9,12-13H,10-11H2,1-4H3,(H2,20,22)(H,21,24)/b8-6+. The Bertz CT molecular complexity index is 699. The van der Waals surface area contributed by atoms with Gasteiger partial charge in [0.2, 0.25) is 0 Å². The van der Waals surface area contributed by atoms with E-state index < -0.39 is 18.0 Å². The minimum absolute atomic E-state index is 0.269. The van der Waals surface area contributed by atoms with Crippen molar-refractivity contribution in [2.24, 2.45) is 11.7 Å². The molecule has 1 atom stereocenters. The number of carbonyl (C=O) groups is 3. The van der Waals surface area contributed by atoms with E-state index in [0.29, 0.717) is 29.5 Å². The summed E-state index contributed by atoms with van der Waals surface area (Å²) < 4.78 is 15.5. The van der Waals surface area contributed by atoms with Crippen LogP contribution in [0.25, 0.3) is 6.08 Å². The quantitative estimate of drug-likeness (QED) is 0.468. The highest BCUT2D eigenvalue weighted by atomic mass is 16.5. The maximum Gasteiger partial charge on any atom is 0.331 e. The molecule has 1 aromatic rings. The number of benzene rings is 1. The topological polar surface area (TPSA) is 117 Å². The van der Waals surface area contributed by atoms with Gasteiger partial charge in [0.25, 0.3) is 11.8 Å². The van der Waals surface area contributed by atoms with Crippen molar-refractivity contribution in [3.8, 4) is 11.5 Å². The number of amides is 2. The van der Waals surface area contributed by atoms with E-state index in [1.54, 1.807) is 18.2 Å². The molecule has 0 heterocycles. The normalized spacial score (nSPS) is 11.9. The molecule has 0 radical (unpaired) electrons. The van der Waals surface area contributed by atoms with Gasteiger partial charge in [-0.3, -0.25) is 9.59 Å². The van der Waals surface area contributed by atoms with Gasteiger partial charge in [-0.2, -0.15) is 0 Å². The third-order valence-electron chi connectivity index (χ3n) is 3.32. The van der Waals surface area contributed by atoms with Crippen molar-refractivity contribution < 1.29 is 28.6 Å². The second-order valence-corrected chi connectivity index (χ2v) is 6.22. The molecule has 3 N–H and O–H groups in total. The van der Waals surface area contributed by atoms with Crippen LogP contribution in [-0.2, 0) is 19.1 Å². The largest absolute Gasteiger partial charge is 0.493 e. The first-order chi connectivity index (χ1) is 12.7. The number of carbonyl (C=O) groups excluding carboxylic acids is 3. The first kappa shape index (κ1) is 22.0. The van der Waals surface area contributed by atoms with Gasteiger partial charge in [0.15, 0.2) is 24.2 Å². The molecule has 1 rings (SSSR count). The summed E-state index contributed by atoms with van der Waals surface area (Å²) in [6.07, 6.45) is 1.84. The van der Waals surface area contributed by atoms with Crippen LogP contribution in [0.3, 0.4) is 0 Å². The van der Waals surface area contributed by atoms with E-state index in [2.05, 4.69) is 5.32 Å². The Morgan fingerprint density at radius 3 is 2.48 bits per heavy atom. The summed E-state index contributed by atoms with van der Waals surface area (Å²) in [5, 5.41) is 2.70. The molecule has 2 amide bonds. The zero-order valence-electron chi connectivity index (χ0n) is 16.0. The molecule has 0 aliphatic rings. The first-order valence-corrected chi connectivity index (χ1v) is 8.48. The van der Waals surface area contributed by atoms with Crippen molar-refractivity contribution in [2.75, 3.05) is 20.3 Å². The molecular formula is C19H26N2O6. The first-order valence-electron chi connectivity index (χ1n) is 8.48. The summed E-state index contributed by atoms with van der Waals surface area (Å²) in [6, 6.07) is 4.88. The Kier molecular flexibility index (Phi) is 8.84. The van der Waals surface area contributed by atoms with Crippen LogP contribution >= 0.6 is 0 Å². The molecule has 27 heavy (non-hydrogen) atoms. The van der Waals surface area contributed by atoms with Crippen LogP contribution in [0.15, 0.2) is 24.3 Å². The van der Waals surface area contributed by atoms with E-state index in [-0.39, 0.29) is 12.5 Å². The molecule has 0 aliphatic heterocycles. The number of primary amides is 1. The highest BCUT2D eigenvalue weighted by Crippen LogP contribution is 2.28. The Labute approximate surface area is 158 Å². The summed E-state index contributed by atoms with van der Waals surface area (Å²) in [7, 11) is 1.45. The lowest BCUT2D eigenvalue weighted by Crippen LogP contribution is -2.37. The van der Waals surface area contributed by atoms with Crippen molar-refractivity contribution in [1.82, 2.24) is 5.32 Å².